The highest BCUT2D eigenvalue weighted by Crippen LogP contribution is 2.05. The normalized spacial score (nSPS) is 8.58. The van der Waals surface area contributed by atoms with Crippen molar-refractivity contribution in [3.8, 4) is 5.75 Å². The average Bonchev–Trinajstić information content (AvgIpc) is 2.05. The summed E-state index contributed by atoms with van der Waals surface area (Å²) in [6.07, 6.45) is 0. The fourth-order valence-electron chi connectivity index (χ4n) is 0.557. The lowest BCUT2D eigenvalue weighted by molar-refractivity contribution is 0.415. The number of rotatable bonds is 1. The second-order valence-electron chi connectivity index (χ2n) is 1.80. The van der Waals surface area contributed by atoms with Crippen molar-refractivity contribution < 1.29 is 13.2 Å². The van der Waals surface area contributed by atoms with Gasteiger partial charge in [-0.1, -0.05) is 18.2 Å². The zero-order chi connectivity index (χ0) is 9.40. The van der Waals surface area contributed by atoms with Gasteiger partial charge >= 0.3 is 0 Å². The van der Waals surface area contributed by atoms with Crippen LogP contribution in [0.2, 0.25) is 0 Å². The van der Waals surface area contributed by atoms with E-state index in [0.29, 0.717) is 0 Å². The van der Waals surface area contributed by atoms with E-state index in [1.54, 1.807) is 7.11 Å². The van der Waals surface area contributed by atoms with Crippen LogP contribution in [0.1, 0.15) is 0 Å². The van der Waals surface area contributed by atoms with Gasteiger partial charge in [0, 0.05) is 0 Å². The Kier molecular flexibility index (Phi) is 6.04. The molecule has 0 fully saturated rings. The molecular formula is C7H11NO3S. The third-order valence-corrected chi connectivity index (χ3v) is 0.979. The minimum atomic E-state index is -2.62. The average molecular weight is 189 g/mol. The molecule has 0 aliphatic carbocycles. The van der Waals surface area contributed by atoms with Gasteiger partial charge in [0.1, 0.15) is 5.75 Å². The van der Waals surface area contributed by atoms with Crippen molar-refractivity contribution in [3.05, 3.63) is 30.3 Å². The highest BCUT2D eigenvalue weighted by Gasteiger charge is 1.80. The lowest BCUT2D eigenvalue weighted by Crippen LogP contribution is -1.85. The van der Waals surface area contributed by atoms with Crippen molar-refractivity contribution in [1.29, 1.82) is 0 Å². The molecule has 1 rings (SSSR count). The molecule has 0 radical (unpaired) electrons. The first-order chi connectivity index (χ1) is 5.66. The summed E-state index contributed by atoms with van der Waals surface area (Å²) in [7, 11) is -0.958. The van der Waals surface area contributed by atoms with E-state index < -0.39 is 10.9 Å². The summed E-state index contributed by atoms with van der Waals surface area (Å²) in [6.45, 7) is 0. The van der Waals surface area contributed by atoms with Crippen LogP contribution < -0.4 is 9.88 Å². The first kappa shape index (κ1) is 10.9. The summed E-state index contributed by atoms with van der Waals surface area (Å²) >= 11 is 0. The molecule has 4 nitrogen and oxygen atoms in total. The lowest BCUT2D eigenvalue weighted by Gasteiger charge is -1.93. The van der Waals surface area contributed by atoms with E-state index in [-0.39, 0.29) is 0 Å². The minimum Gasteiger partial charge on any atom is -0.497 e. The van der Waals surface area contributed by atoms with E-state index in [4.69, 9.17) is 13.2 Å². The number of nitrogens with two attached hydrogens (primary N) is 1. The Morgan fingerprint density at radius 2 is 1.67 bits per heavy atom. The predicted octanol–water partition coefficient (Wildman–Crippen LogP) is 0.167. The van der Waals surface area contributed by atoms with Gasteiger partial charge in [-0.2, -0.15) is 0 Å². The van der Waals surface area contributed by atoms with Gasteiger partial charge in [0.25, 0.3) is 0 Å². The van der Waals surface area contributed by atoms with Gasteiger partial charge in [-0.3, -0.25) is 0 Å². The number of hydrogen-bond donors (Lipinski definition) is 2. The Balaban J connectivity index is 0.000000261. The van der Waals surface area contributed by atoms with Crippen molar-refractivity contribution in [1.82, 2.24) is 0 Å². The van der Waals surface area contributed by atoms with Crippen LogP contribution in [0.5, 0.6) is 5.75 Å². The maximum atomic E-state index is 8.81. The molecular weight excluding hydrogens is 178 g/mol. The Bertz CT molecular complexity index is 263. The van der Waals surface area contributed by atoms with Gasteiger partial charge in [0.15, 0.2) is 10.9 Å². The van der Waals surface area contributed by atoms with Crippen LogP contribution in [0.4, 0.5) is 0 Å². The van der Waals surface area contributed by atoms with Crippen LogP contribution in [-0.4, -0.2) is 15.5 Å². The van der Waals surface area contributed by atoms with Gasteiger partial charge in [-0.25, -0.2) is 13.6 Å². The second kappa shape index (κ2) is 6.63. The highest BCUT2D eigenvalue weighted by atomic mass is 32.2. The Labute approximate surface area is 73.0 Å². The highest BCUT2D eigenvalue weighted by molar-refractivity contribution is 7.69. The number of benzene rings is 1. The van der Waals surface area contributed by atoms with Crippen molar-refractivity contribution in [3.63, 3.8) is 0 Å². The summed E-state index contributed by atoms with van der Waals surface area (Å²) in [4.78, 5) is 0. The molecule has 1 aromatic carbocycles. The molecule has 0 atom stereocenters. The molecule has 0 aromatic heterocycles. The number of methoxy groups -OCH3 is 1. The maximum absolute atomic E-state index is 8.81. The van der Waals surface area contributed by atoms with Crippen LogP contribution >= 0.6 is 0 Å². The third kappa shape index (κ3) is 7.04. The summed E-state index contributed by atoms with van der Waals surface area (Å²) in [5, 5.41) is 4.06. The second-order valence-corrected chi connectivity index (χ2v) is 2.37. The molecule has 2 N–H and O–H groups in total. The zero-order valence-electron chi connectivity index (χ0n) is 6.64. The Morgan fingerprint density at radius 1 is 1.25 bits per heavy atom. The fourth-order valence-corrected chi connectivity index (χ4v) is 0.557. The van der Waals surface area contributed by atoms with Crippen molar-refractivity contribution in [2.45, 2.75) is 0 Å². The number of para-hydroxylation sites is 1. The van der Waals surface area contributed by atoms with Crippen molar-refractivity contribution in [2.75, 3.05) is 7.11 Å². The van der Waals surface area contributed by atoms with Gasteiger partial charge in [0.2, 0.25) is 0 Å². The monoisotopic (exact) mass is 189 g/mol. The van der Waals surface area contributed by atoms with E-state index in [1.807, 2.05) is 30.3 Å². The lowest BCUT2D eigenvalue weighted by atomic mass is 10.3. The van der Waals surface area contributed by atoms with Gasteiger partial charge in [0.05, 0.1) is 7.11 Å². The van der Waals surface area contributed by atoms with Crippen molar-refractivity contribution >= 4 is 10.9 Å². The number of ether oxygens (including phenoxy) is 1. The van der Waals surface area contributed by atoms with Gasteiger partial charge < -0.3 is 4.74 Å². The molecule has 0 bridgehead atoms. The molecule has 12 heavy (non-hydrogen) atoms. The largest absolute Gasteiger partial charge is 0.497 e. The molecule has 0 unspecified atom stereocenters. The van der Waals surface area contributed by atoms with E-state index in [1.165, 1.54) is 0 Å². The molecule has 0 saturated heterocycles. The minimum absolute atomic E-state index is 0.910. The molecule has 0 spiro atoms. The Hall–Kier alpha value is -1.07. The van der Waals surface area contributed by atoms with Crippen LogP contribution in [-0.2, 0) is 10.9 Å². The quantitative estimate of drug-likeness (QED) is 0.618. The smallest absolute Gasteiger partial charge is 0.198 e. The van der Waals surface area contributed by atoms with Crippen molar-refractivity contribution in [2.24, 2.45) is 5.14 Å². The van der Waals surface area contributed by atoms with Crippen LogP contribution in [0.25, 0.3) is 0 Å². The SMILES string of the molecule is COc1ccccc1.N[SH](=O)=O. The fraction of sp³-hybridized carbons (Fsp3) is 0.143. The molecule has 5 heteroatoms. The van der Waals surface area contributed by atoms with E-state index in [2.05, 4.69) is 5.14 Å². The van der Waals surface area contributed by atoms with Gasteiger partial charge in [-0.05, 0) is 12.1 Å². The van der Waals surface area contributed by atoms with E-state index in [9.17, 15) is 0 Å². The topological polar surface area (TPSA) is 69.4 Å². The molecule has 68 valence electrons. The summed E-state index contributed by atoms with van der Waals surface area (Å²) in [5.41, 5.74) is 0. The van der Waals surface area contributed by atoms with Gasteiger partial charge in [-0.15, -0.1) is 0 Å². The third-order valence-electron chi connectivity index (χ3n) is 0.979. The van der Waals surface area contributed by atoms with E-state index >= 15 is 0 Å². The maximum Gasteiger partial charge on any atom is 0.198 e. The molecule has 0 saturated carbocycles. The predicted molar refractivity (Wildman–Crippen MR) is 47.5 cm³/mol. The van der Waals surface area contributed by atoms with Crippen LogP contribution in [0, 0.1) is 0 Å². The molecule has 0 aliphatic rings. The summed E-state index contributed by atoms with van der Waals surface area (Å²) in [6, 6.07) is 9.68. The first-order valence-corrected chi connectivity index (χ1v) is 4.39. The number of hydrogen-bond acceptors (Lipinski definition) is 3. The Morgan fingerprint density at radius 3 is 1.92 bits per heavy atom. The standard InChI is InChI=1S/C7H8O.H3NO2S/c1-8-7-5-3-2-4-6-7;1-4(2)3/h2-6H,1H3;4H,(H2,1,2,3). The molecule has 0 aliphatic heterocycles. The molecule has 1 aromatic rings. The summed E-state index contributed by atoms with van der Waals surface area (Å²) in [5.74, 6) is 0.910. The molecule has 0 amide bonds. The zero-order valence-corrected chi connectivity index (χ0v) is 7.53. The van der Waals surface area contributed by atoms with Crippen LogP contribution in [0.15, 0.2) is 30.3 Å². The number of thiol groups is 1. The summed E-state index contributed by atoms with van der Waals surface area (Å²) < 4.78 is 22.5. The van der Waals surface area contributed by atoms with E-state index in [0.717, 1.165) is 5.75 Å². The van der Waals surface area contributed by atoms with Crippen LogP contribution in [0.3, 0.4) is 0 Å². The first-order valence-electron chi connectivity index (χ1n) is 3.15. The molecule has 0 heterocycles.